The van der Waals surface area contributed by atoms with E-state index in [1.807, 2.05) is 7.05 Å². The van der Waals surface area contributed by atoms with Gasteiger partial charge < -0.3 is 9.99 Å². The van der Waals surface area contributed by atoms with Crippen LogP contribution in [0.1, 0.15) is 5.82 Å². The van der Waals surface area contributed by atoms with Gasteiger partial charge in [-0.05, 0) is 24.3 Å². The summed E-state index contributed by atoms with van der Waals surface area (Å²) in [6, 6.07) is 6.25. The van der Waals surface area contributed by atoms with Gasteiger partial charge in [-0.25, -0.2) is 13.4 Å². The molecule has 2 rings (SSSR count). The summed E-state index contributed by atoms with van der Waals surface area (Å²) < 4.78 is 27.9. The molecule has 0 saturated heterocycles. The fourth-order valence-corrected chi connectivity index (χ4v) is 2.86. The summed E-state index contributed by atoms with van der Waals surface area (Å²) in [5.41, 5.74) is 3.11. The molecule has 2 aromatic rings. The molecule has 0 bridgehead atoms. The number of nitrogens with two attached hydrogens (primary N) is 1. The normalized spacial score (nSPS) is 11.8. The van der Waals surface area contributed by atoms with Crippen LogP contribution in [0.4, 0.5) is 5.69 Å². The first kappa shape index (κ1) is 14.5. The molecule has 1 heterocycles. The van der Waals surface area contributed by atoms with E-state index in [1.165, 1.54) is 23.5 Å². The quantitative estimate of drug-likeness (QED) is 0.620. The van der Waals surface area contributed by atoms with Crippen molar-refractivity contribution in [3.05, 3.63) is 42.5 Å². The van der Waals surface area contributed by atoms with Crippen molar-refractivity contribution < 1.29 is 8.42 Å². The van der Waals surface area contributed by atoms with Crippen molar-refractivity contribution in [2.75, 3.05) is 12.5 Å². The first-order valence-electron chi connectivity index (χ1n) is 5.94. The Balaban J connectivity index is 2.22. The third-order valence-electron chi connectivity index (χ3n) is 3.01. The van der Waals surface area contributed by atoms with Crippen LogP contribution in [0.2, 0.25) is 0 Å². The average Bonchev–Trinajstić information content (AvgIpc) is 2.84. The molecule has 8 heteroatoms. The van der Waals surface area contributed by atoms with E-state index >= 15 is 0 Å². The Bertz CT molecular complexity index is 678. The number of hydrogen-bond donors (Lipinski definition) is 2. The van der Waals surface area contributed by atoms with E-state index in [4.69, 9.17) is 5.84 Å². The van der Waals surface area contributed by atoms with Crippen LogP contribution in [0.15, 0.2) is 41.6 Å². The van der Waals surface area contributed by atoms with Crippen LogP contribution in [0.25, 0.3) is 0 Å². The number of anilines is 1. The highest BCUT2D eigenvalue weighted by Gasteiger charge is 2.21. The summed E-state index contributed by atoms with van der Waals surface area (Å²) in [4.78, 5) is 4.34. The summed E-state index contributed by atoms with van der Waals surface area (Å²) in [6.45, 7) is 0.211. The first-order chi connectivity index (χ1) is 9.45. The lowest BCUT2D eigenvalue weighted by Gasteiger charge is -2.17. The Morgan fingerprint density at radius 1 is 1.35 bits per heavy atom. The van der Waals surface area contributed by atoms with Crippen molar-refractivity contribution in [3.8, 4) is 0 Å². The number of aromatic nitrogens is 2. The molecule has 1 aromatic heterocycles. The molecule has 108 valence electrons. The number of hydrazine groups is 1. The smallest absolute Gasteiger partial charge is 0.243 e. The maximum Gasteiger partial charge on any atom is 0.243 e. The summed E-state index contributed by atoms with van der Waals surface area (Å²) in [5.74, 6) is 5.93. The third kappa shape index (κ3) is 2.82. The first-order valence-corrected chi connectivity index (χ1v) is 7.38. The van der Waals surface area contributed by atoms with Gasteiger partial charge in [0.1, 0.15) is 5.82 Å². The molecule has 0 unspecified atom stereocenters. The molecule has 20 heavy (non-hydrogen) atoms. The maximum absolute atomic E-state index is 12.4. The molecule has 0 aliphatic heterocycles. The molecule has 0 aliphatic carbocycles. The van der Waals surface area contributed by atoms with Crippen molar-refractivity contribution in [3.63, 3.8) is 0 Å². The van der Waals surface area contributed by atoms with Gasteiger partial charge in [0.25, 0.3) is 0 Å². The number of hydrogen-bond acceptors (Lipinski definition) is 5. The van der Waals surface area contributed by atoms with E-state index in [0.29, 0.717) is 11.5 Å². The van der Waals surface area contributed by atoms with E-state index in [-0.39, 0.29) is 11.4 Å². The molecule has 0 spiro atoms. The van der Waals surface area contributed by atoms with E-state index in [2.05, 4.69) is 10.4 Å². The molecule has 0 radical (unpaired) electrons. The Kier molecular flexibility index (Phi) is 4.07. The zero-order valence-corrected chi connectivity index (χ0v) is 12.1. The minimum absolute atomic E-state index is 0.211. The molecule has 0 fully saturated rings. The largest absolute Gasteiger partial charge is 0.337 e. The summed E-state index contributed by atoms with van der Waals surface area (Å²) in [5, 5.41) is 0. The predicted octanol–water partition coefficient (Wildman–Crippen LogP) is 0.526. The van der Waals surface area contributed by atoms with Crippen LogP contribution >= 0.6 is 0 Å². The minimum Gasteiger partial charge on any atom is -0.337 e. The highest BCUT2D eigenvalue weighted by molar-refractivity contribution is 7.89. The Labute approximate surface area is 118 Å². The van der Waals surface area contributed by atoms with Crippen molar-refractivity contribution in [2.45, 2.75) is 11.4 Å². The second kappa shape index (κ2) is 5.61. The van der Waals surface area contributed by atoms with Crippen LogP contribution < -0.4 is 11.3 Å². The van der Waals surface area contributed by atoms with Gasteiger partial charge >= 0.3 is 0 Å². The zero-order chi connectivity index (χ0) is 14.8. The molecule has 3 N–H and O–H groups in total. The predicted molar refractivity (Wildman–Crippen MR) is 76.1 cm³/mol. The lowest BCUT2D eigenvalue weighted by atomic mass is 10.3. The molecule has 1 aromatic carbocycles. The summed E-state index contributed by atoms with van der Waals surface area (Å²) in [6.07, 6.45) is 3.41. The Hall–Kier alpha value is -1.90. The van der Waals surface area contributed by atoms with Crippen molar-refractivity contribution >= 4 is 15.7 Å². The second-order valence-corrected chi connectivity index (χ2v) is 6.43. The van der Waals surface area contributed by atoms with Gasteiger partial charge in [0.2, 0.25) is 10.0 Å². The molecule has 0 aliphatic rings. The Morgan fingerprint density at radius 3 is 2.50 bits per heavy atom. The van der Waals surface area contributed by atoms with Crippen molar-refractivity contribution in [1.29, 1.82) is 0 Å². The lowest BCUT2D eigenvalue weighted by molar-refractivity contribution is 0.451. The molecule has 0 saturated carbocycles. The second-order valence-electron chi connectivity index (χ2n) is 4.38. The van der Waals surface area contributed by atoms with Gasteiger partial charge in [-0.15, -0.1) is 0 Å². The summed E-state index contributed by atoms with van der Waals surface area (Å²) >= 11 is 0. The number of imidazole rings is 1. The lowest BCUT2D eigenvalue weighted by Crippen LogP contribution is -2.27. The van der Waals surface area contributed by atoms with Crippen LogP contribution in [-0.4, -0.2) is 29.3 Å². The zero-order valence-electron chi connectivity index (χ0n) is 11.3. The van der Waals surface area contributed by atoms with Crippen LogP contribution in [0.3, 0.4) is 0 Å². The SMILES string of the molecule is CN(Cc1nccn1C)S(=O)(=O)c1ccc(NN)cc1. The fourth-order valence-electron chi connectivity index (χ4n) is 1.74. The summed E-state index contributed by atoms with van der Waals surface area (Å²) in [7, 11) is -0.195. The monoisotopic (exact) mass is 295 g/mol. The van der Waals surface area contributed by atoms with Gasteiger partial charge in [-0.2, -0.15) is 4.31 Å². The van der Waals surface area contributed by atoms with Crippen molar-refractivity contribution in [2.24, 2.45) is 12.9 Å². The van der Waals surface area contributed by atoms with Gasteiger partial charge in [-0.3, -0.25) is 5.84 Å². The number of sulfonamides is 1. The van der Waals surface area contributed by atoms with E-state index in [0.717, 1.165) is 0 Å². The number of benzene rings is 1. The highest BCUT2D eigenvalue weighted by atomic mass is 32.2. The fraction of sp³-hybridized carbons (Fsp3) is 0.250. The minimum atomic E-state index is -3.55. The number of nitrogen functional groups attached to an aromatic ring is 1. The highest BCUT2D eigenvalue weighted by Crippen LogP contribution is 2.18. The maximum atomic E-state index is 12.4. The van der Waals surface area contributed by atoms with Crippen LogP contribution in [0, 0.1) is 0 Å². The molecular formula is C12H17N5O2S. The topological polar surface area (TPSA) is 93.2 Å². The molecular weight excluding hydrogens is 278 g/mol. The van der Waals surface area contributed by atoms with Crippen molar-refractivity contribution in [1.82, 2.24) is 13.9 Å². The average molecular weight is 295 g/mol. The van der Waals surface area contributed by atoms with Gasteiger partial charge in [0, 0.05) is 32.2 Å². The number of aryl methyl sites for hydroxylation is 1. The van der Waals surface area contributed by atoms with E-state index < -0.39 is 10.0 Å². The van der Waals surface area contributed by atoms with Gasteiger partial charge in [0.15, 0.2) is 0 Å². The number of rotatable bonds is 5. The van der Waals surface area contributed by atoms with Crippen LogP contribution in [-0.2, 0) is 23.6 Å². The number of nitrogens with zero attached hydrogens (tertiary/aromatic N) is 3. The molecule has 0 atom stereocenters. The number of nitrogens with one attached hydrogen (secondary N) is 1. The van der Waals surface area contributed by atoms with E-state index in [1.54, 1.807) is 29.1 Å². The molecule has 7 nitrogen and oxygen atoms in total. The standard InChI is InChI=1S/C12H17N5O2S/c1-16-8-7-14-12(16)9-17(2)20(18,19)11-5-3-10(15-13)4-6-11/h3-8,15H,9,13H2,1-2H3. The Morgan fingerprint density at radius 2 is 2.00 bits per heavy atom. The van der Waals surface area contributed by atoms with E-state index in [9.17, 15) is 8.42 Å². The third-order valence-corrected chi connectivity index (χ3v) is 4.83. The van der Waals surface area contributed by atoms with Gasteiger partial charge in [0.05, 0.1) is 11.4 Å². The van der Waals surface area contributed by atoms with Gasteiger partial charge in [-0.1, -0.05) is 0 Å². The van der Waals surface area contributed by atoms with Crippen LogP contribution in [0.5, 0.6) is 0 Å². The molecule has 0 amide bonds.